The summed E-state index contributed by atoms with van der Waals surface area (Å²) >= 11 is 1.12. The van der Waals surface area contributed by atoms with E-state index in [1.54, 1.807) is 49.4 Å². The molecule has 3 aromatic carbocycles. The molecule has 1 heterocycles. The minimum atomic E-state index is -0.581. The summed E-state index contributed by atoms with van der Waals surface area (Å²) in [6.45, 7) is 1.58. The maximum Gasteiger partial charge on any atom is 0.326 e. The van der Waals surface area contributed by atoms with E-state index in [0.717, 1.165) is 11.3 Å². The standard InChI is InChI=1S/C25H19N3O6S/c1-2-34-22(29)15-27-20-14-19(28(32)33)12-13-21(20)35-25(27)26-24(31)18-10-8-17(9-11-18)23(30)16-6-4-3-5-7-16/h3-14H,2,15H2,1H3. The first-order valence-corrected chi connectivity index (χ1v) is 11.4. The number of fused-ring (bicyclic) bond motifs is 1. The Morgan fingerprint density at radius 2 is 1.63 bits per heavy atom. The van der Waals surface area contributed by atoms with Crippen LogP contribution in [0.1, 0.15) is 33.2 Å². The van der Waals surface area contributed by atoms with Crippen LogP contribution >= 0.6 is 11.3 Å². The molecule has 0 atom stereocenters. The molecule has 4 aromatic rings. The van der Waals surface area contributed by atoms with Crippen LogP contribution in [-0.2, 0) is 16.1 Å². The molecule has 0 bridgehead atoms. The van der Waals surface area contributed by atoms with E-state index in [1.807, 2.05) is 6.07 Å². The number of esters is 1. The summed E-state index contributed by atoms with van der Waals surface area (Å²) in [5.41, 5.74) is 1.47. The number of rotatable bonds is 7. The molecule has 9 nitrogen and oxygen atoms in total. The van der Waals surface area contributed by atoms with Gasteiger partial charge < -0.3 is 9.30 Å². The number of ketones is 1. The molecule has 0 N–H and O–H groups in total. The summed E-state index contributed by atoms with van der Waals surface area (Å²) in [6.07, 6.45) is 0. The fraction of sp³-hybridized carbons (Fsp3) is 0.120. The van der Waals surface area contributed by atoms with Gasteiger partial charge in [0.15, 0.2) is 10.6 Å². The van der Waals surface area contributed by atoms with Crippen molar-refractivity contribution >= 4 is 44.9 Å². The number of nitro benzene ring substituents is 1. The minimum Gasteiger partial charge on any atom is -0.465 e. The smallest absolute Gasteiger partial charge is 0.326 e. The van der Waals surface area contributed by atoms with Crippen LogP contribution in [0.2, 0.25) is 0 Å². The first-order valence-electron chi connectivity index (χ1n) is 10.6. The van der Waals surface area contributed by atoms with E-state index in [0.29, 0.717) is 21.3 Å². The zero-order chi connectivity index (χ0) is 24.9. The first-order chi connectivity index (χ1) is 16.9. The van der Waals surface area contributed by atoms with Crippen LogP contribution < -0.4 is 4.80 Å². The number of aromatic nitrogens is 1. The molecule has 176 valence electrons. The quantitative estimate of drug-likeness (QED) is 0.166. The summed E-state index contributed by atoms with van der Waals surface area (Å²) in [6, 6.07) is 19.2. The van der Waals surface area contributed by atoms with Crippen molar-refractivity contribution in [2.75, 3.05) is 6.61 Å². The van der Waals surface area contributed by atoms with E-state index in [2.05, 4.69) is 4.99 Å². The predicted octanol–water partition coefficient (Wildman–Crippen LogP) is 4.15. The molecule has 10 heteroatoms. The van der Waals surface area contributed by atoms with Crippen LogP contribution in [-0.4, -0.2) is 33.8 Å². The normalized spacial score (nSPS) is 11.4. The first kappa shape index (κ1) is 23.7. The highest BCUT2D eigenvalue weighted by Gasteiger charge is 2.16. The third kappa shape index (κ3) is 5.22. The van der Waals surface area contributed by atoms with Crippen LogP contribution in [0, 0.1) is 10.1 Å². The van der Waals surface area contributed by atoms with Crippen molar-refractivity contribution < 1.29 is 24.0 Å². The van der Waals surface area contributed by atoms with Gasteiger partial charge in [-0.1, -0.05) is 53.8 Å². The molecule has 0 saturated heterocycles. The summed E-state index contributed by atoms with van der Waals surface area (Å²) in [7, 11) is 0. The second kappa shape index (κ2) is 10.2. The molecule has 0 aliphatic rings. The van der Waals surface area contributed by atoms with E-state index in [1.165, 1.54) is 28.8 Å². The largest absolute Gasteiger partial charge is 0.465 e. The summed E-state index contributed by atoms with van der Waals surface area (Å²) in [5, 5.41) is 11.2. The molecule has 0 aliphatic heterocycles. The Balaban J connectivity index is 1.70. The SMILES string of the molecule is CCOC(=O)Cn1c(=NC(=O)c2ccc(C(=O)c3ccccc3)cc2)sc2ccc([N+](=O)[O-])cc21. The number of benzene rings is 3. The lowest BCUT2D eigenvalue weighted by molar-refractivity contribution is -0.384. The zero-order valence-corrected chi connectivity index (χ0v) is 19.4. The number of carbonyl (C=O) groups excluding carboxylic acids is 3. The number of nitro groups is 1. The molecule has 0 aliphatic carbocycles. The number of carbonyl (C=O) groups is 3. The summed E-state index contributed by atoms with van der Waals surface area (Å²) in [5.74, 6) is -1.31. The van der Waals surface area contributed by atoms with E-state index in [4.69, 9.17) is 4.74 Å². The molecule has 0 saturated carbocycles. The van der Waals surface area contributed by atoms with Gasteiger partial charge in [-0.2, -0.15) is 4.99 Å². The highest BCUT2D eigenvalue weighted by atomic mass is 32.1. The molecular weight excluding hydrogens is 470 g/mol. The zero-order valence-electron chi connectivity index (χ0n) is 18.5. The van der Waals surface area contributed by atoms with Crippen molar-refractivity contribution in [1.82, 2.24) is 4.57 Å². The lowest BCUT2D eigenvalue weighted by atomic mass is 10.0. The Labute approximate surface area is 203 Å². The fourth-order valence-electron chi connectivity index (χ4n) is 3.42. The average molecular weight is 490 g/mol. The number of nitrogens with zero attached hydrogens (tertiary/aromatic N) is 3. The van der Waals surface area contributed by atoms with Gasteiger partial charge in [0.2, 0.25) is 0 Å². The second-order valence-corrected chi connectivity index (χ2v) is 8.38. The maximum atomic E-state index is 12.9. The molecule has 0 unspecified atom stereocenters. The van der Waals surface area contributed by atoms with Crippen molar-refractivity contribution in [3.8, 4) is 0 Å². The molecule has 0 fully saturated rings. The van der Waals surface area contributed by atoms with E-state index in [9.17, 15) is 24.5 Å². The van der Waals surface area contributed by atoms with Crippen LogP contribution in [0.15, 0.2) is 77.8 Å². The van der Waals surface area contributed by atoms with Gasteiger partial charge >= 0.3 is 5.97 Å². The number of hydrogen-bond acceptors (Lipinski definition) is 7. The molecule has 0 radical (unpaired) electrons. The monoisotopic (exact) mass is 489 g/mol. The van der Waals surface area contributed by atoms with Crippen LogP contribution in [0.3, 0.4) is 0 Å². The Bertz CT molecular complexity index is 1500. The molecular formula is C25H19N3O6S. The molecule has 0 spiro atoms. The van der Waals surface area contributed by atoms with Gasteiger partial charge in [-0.05, 0) is 25.1 Å². The number of ether oxygens (including phenoxy) is 1. The van der Waals surface area contributed by atoms with Crippen molar-refractivity contribution in [1.29, 1.82) is 0 Å². The van der Waals surface area contributed by atoms with E-state index in [-0.39, 0.29) is 35.0 Å². The number of hydrogen-bond donors (Lipinski definition) is 0. The predicted molar refractivity (Wildman–Crippen MR) is 129 cm³/mol. The highest BCUT2D eigenvalue weighted by Crippen LogP contribution is 2.23. The fourth-order valence-corrected chi connectivity index (χ4v) is 4.42. The lowest BCUT2D eigenvalue weighted by Gasteiger charge is -2.05. The van der Waals surface area contributed by atoms with Gasteiger partial charge in [0.1, 0.15) is 6.54 Å². The van der Waals surface area contributed by atoms with Crippen molar-refractivity contribution in [2.24, 2.45) is 4.99 Å². The van der Waals surface area contributed by atoms with Gasteiger partial charge in [-0.3, -0.25) is 24.5 Å². The Morgan fingerprint density at radius 3 is 2.29 bits per heavy atom. The van der Waals surface area contributed by atoms with Crippen molar-refractivity contribution in [3.63, 3.8) is 0 Å². The molecule has 1 amide bonds. The van der Waals surface area contributed by atoms with E-state index < -0.39 is 16.8 Å². The Morgan fingerprint density at radius 1 is 0.971 bits per heavy atom. The van der Waals surface area contributed by atoms with E-state index >= 15 is 0 Å². The maximum absolute atomic E-state index is 12.9. The molecule has 1 aromatic heterocycles. The lowest BCUT2D eigenvalue weighted by Crippen LogP contribution is -2.23. The summed E-state index contributed by atoms with van der Waals surface area (Å²) < 4.78 is 7.06. The van der Waals surface area contributed by atoms with Gasteiger partial charge in [-0.25, -0.2) is 0 Å². The minimum absolute atomic E-state index is 0.149. The van der Waals surface area contributed by atoms with Crippen molar-refractivity contribution in [3.05, 3.63) is 104 Å². The third-order valence-corrected chi connectivity index (χ3v) is 6.16. The number of amides is 1. The Kier molecular flexibility index (Phi) is 6.93. The second-order valence-electron chi connectivity index (χ2n) is 7.37. The van der Waals surface area contributed by atoms with Gasteiger partial charge in [0, 0.05) is 28.8 Å². The Hall–Kier alpha value is -4.44. The van der Waals surface area contributed by atoms with Gasteiger partial charge in [0.05, 0.1) is 21.7 Å². The third-order valence-electron chi connectivity index (χ3n) is 5.10. The van der Waals surface area contributed by atoms with Crippen LogP contribution in [0.4, 0.5) is 5.69 Å². The van der Waals surface area contributed by atoms with Crippen molar-refractivity contribution in [2.45, 2.75) is 13.5 Å². The van der Waals surface area contributed by atoms with Gasteiger partial charge in [-0.15, -0.1) is 0 Å². The number of thiazole rings is 1. The van der Waals surface area contributed by atoms with Gasteiger partial charge in [0.25, 0.3) is 11.6 Å². The number of non-ortho nitro benzene ring substituents is 1. The van der Waals surface area contributed by atoms with Crippen LogP contribution in [0.5, 0.6) is 0 Å². The summed E-state index contributed by atoms with van der Waals surface area (Å²) in [4.78, 5) is 52.7. The average Bonchev–Trinajstić information content (AvgIpc) is 3.20. The van der Waals surface area contributed by atoms with Crippen LogP contribution in [0.25, 0.3) is 10.2 Å². The highest BCUT2D eigenvalue weighted by molar-refractivity contribution is 7.16. The molecule has 35 heavy (non-hydrogen) atoms. The molecule has 4 rings (SSSR count). The topological polar surface area (TPSA) is 121 Å².